The first-order valence-electron chi connectivity index (χ1n) is 10.4. The summed E-state index contributed by atoms with van der Waals surface area (Å²) >= 11 is 0. The Morgan fingerprint density at radius 1 is 0.966 bits per heavy atom. The maximum Gasteiger partial charge on any atom is 0.225 e. The highest BCUT2D eigenvalue weighted by molar-refractivity contribution is 5.62. The van der Waals surface area contributed by atoms with Gasteiger partial charge in [0.05, 0.1) is 17.0 Å². The first kappa shape index (κ1) is 18.0. The zero-order chi connectivity index (χ0) is 19.6. The van der Waals surface area contributed by atoms with Crippen LogP contribution in [0.25, 0.3) is 11.3 Å². The Kier molecular flexibility index (Phi) is 4.83. The maximum atomic E-state index is 5.58. The minimum Gasteiger partial charge on any atom is -0.356 e. The number of aromatic nitrogens is 5. The highest BCUT2D eigenvalue weighted by atomic mass is 16.5. The van der Waals surface area contributed by atoms with Gasteiger partial charge in [-0.1, -0.05) is 5.16 Å². The summed E-state index contributed by atoms with van der Waals surface area (Å²) in [5.74, 6) is 2.60. The Hall–Kier alpha value is -3.03. The predicted octanol–water partition coefficient (Wildman–Crippen LogP) is 3.21. The lowest BCUT2D eigenvalue weighted by molar-refractivity contribution is 0.425. The van der Waals surface area contributed by atoms with E-state index >= 15 is 0 Å². The molecule has 29 heavy (non-hydrogen) atoms. The summed E-state index contributed by atoms with van der Waals surface area (Å²) < 4.78 is 5.58. The molecule has 0 bridgehead atoms. The molecule has 2 fully saturated rings. The summed E-state index contributed by atoms with van der Waals surface area (Å²) in [5.41, 5.74) is 2.84. The van der Waals surface area contributed by atoms with E-state index in [0.717, 1.165) is 73.6 Å². The fourth-order valence-electron chi connectivity index (χ4n) is 4.28. The molecule has 0 radical (unpaired) electrons. The van der Waals surface area contributed by atoms with Crippen molar-refractivity contribution >= 4 is 11.9 Å². The first-order valence-corrected chi connectivity index (χ1v) is 10.4. The van der Waals surface area contributed by atoms with Crippen molar-refractivity contribution < 1.29 is 4.52 Å². The monoisotopic (exact) mass is 391 g/mol. The van der Waals surface area contributed by atoms with Gasteiger partial charge in [-0.15, -0.1) is 0 Å². The molecule has 0 amide bonds. The molecule has 3 aromatic heterocycles. The minimum atomic E-state index is 0.261. The quantitative estimate of drug-likeness (QED) is 0.670. The summed E-state index contributed by atoms with van der Waals surface area (Å²) in [6.07, 6.45) is 10.0. The van der Waals surface area contributed by atoms with Crippen molar-refractivity contribution in [2.75, 3.05) is 36.0 Å². The molecule has 1 atom stereocenters. The topological polar surface area (TPSA) is 84.1 Å². The summed E-state index contributed by atoms with van der Waals surface area (Å²) in [5, 5.41) is 4.07. The van der Waals surface area contributed by atoms with E-state index in [2.05, 4.69) is 29.9 Å². The molecule has 8 nitrogen and oxygen atoms in total. The van der Waals surface area contributed by atoms with Crippen molar-refractivity contribution in [1.82, 2.24) is 25.1 Å². The van der Waals surface area contributed by atoms with Crippen molar-refractivity contribution in [1.29, 1.82) is 0 Å². The number of hydrogen-bond donors (Lipinski definition) is 0. The van der Waals surface area contributed by atoms with Gasteiger partial charge < -0.3 is 14.3 Å². The molecule has 0 spiro atoms. The van der Waals surface area contributed by atoms with E-state index in [-0.39, 0.29) is 5.92 Å². The SMILES string of the molecule is Cc1cc(-c2cnc(N3CCCC3)nc2[C@H]2CCCN(c3ncccn3)C2)on1. The zero-order valence-electron chi connectivity index (χ0n) is 16.7. The minimum absolute atomic E-state index is 0.261. The summed E-state index contributed by atoms with van der Waals surface area (Å²) in [4.78, 5) is 23.1. The largest absolute Gasteiger partial charge is 0.356 e. The van der Waals surface area contributed by atoms with Crippen LogP contribution in [0.3, 0.4) is 0 Å². The molecule has 5 rings (SSSR count). The van der Waals surface area contributed by atoms with Crippen LogP contribution in [0, 0.1) is 6.92 Å². The van der Waals surface area contributed by atoms with E-state index in [1.807, 2.05) is 25.3 Å². The van der Waals surface area contributed by atoms with Crippen molar-refractivity contribution in [3.05, 3.63) is 42.1 Å². The van der Waals surface area contributed by atoms with Gasteiger partial charge in [0.1, 0.15) is 0 Å². The van der Waals surface area contributed by atoms with Gasteiger partial charge in [0.2, 0.25) is 11.9 Å². The van der Waals surface area contributed by atoms with Gasteiger partial charge in [0.15, 0.2) is 5.76 Å². The third kappa shape index (κ3) is 3.66. The lowest BCUT2D eigenvalue weighted by Gasteiger charge is -2.33. The van der Waals surface area contributed by atoms with E-state index in [1.54, 1.807) is 12.4 Å². The van der Waals surface area contributed by atoms with E-state index in [0.29, 0.717) is 0 Å². The number of hydrogen-bond acceptors (Lipinski definition) is 8. The third-order valence-electron chi connectivity index (χ3n) is 5.73. The highest BCUT2D eigenvalue weighted by Crippen LogP contribution is 2.35. The second-order valence-corrected chi connectivity index (χ2v) is 7.83. The molecule has 0 unspecified atom stereocenters. The molecule has 0 aliphatic carbocycles. The van der Waals surface area contributed by atoms with Crippen LogP contribution in [0.5, 0.6) is 0 Å². The second-order valence-electron chi connectivity index (χ2n) is 7.83. The Morgan fingerprint density at radius 2 is 1.76 bits per heavy atom. The van der Waals surface area contributed by atoms with Crippen LogP contribution in [0.2, 0.25) is 0 Å². The average Bonchev–Trinajstić information content (AvgIpc) is 3.46. The standard InChI is InChI=1S/C21H25N7O/c1-15-12-18(29-26-15)17-13-24-21(27-9-2-3-10-27)25-19(17)16-6-4-11-28(14-16)20-22-7-5-8-23-20/h5,7-8,12-13,16H,2-4,6,9-11,14H2,1H3/t16-/m0/s1. The Morgan fingerprint density at radius 3 is 2.52 bits per heavy atom. The number of rotatable bonds is 4. The van der Waals surface area contributed by atoms with Gasteiger partial charge in [-0.2, -0.15) is 0 Å². The molecular weight excluding hydrogens is 366 g/mol. The van der Waals surface area contributed by atoms with E-state index in [9.17, 15) is 0 Å². The van der Waals surface area contributed by atoms with Crippen LogP contribution in [0.4, 0.5) is 11.9 Å². The summed E-state index contributed by atoms with van der Waals surface area (Å²) in [6.45, 7) is 5.77. The number of aryl methyl sites for hydroxylation is 1. The summed E-state index contributed by atoms with van der Waals surface area (Å²) in [6, 6.07) is 3.81. The average molecular weight is 391 g/mol. The van der Waals surface area contributed by atoms with Crippen molar-refractivity contribution in [3.63, 3.8) is 0 Å². The van der Waals surface area contributed by atoms with Gasteiger partial charge in [-0.3, -0.25) is 0 Å². The van der Waals surface area contributed by atoms with E-state index in [4.69, 9.17) is 9.51 Å². The van der Waals surface area contributed by atoms with Gasteiger partial charge in [0, 0.05) is 56.8 Å². The van der Waals surface area contributed by atoms with Gasteiger partial charge in [-0.05, 0) is 38.7 Å². The molecule has 3 aromatic rings. The van der Waals surface area contributed by atoms with Crippen molar-refractivity contribution in [2.45, 2.75) is 38.5 Å². The van der Waals surface area contributed by atoms with E-state index < -0.39 is 0 Å². The number of anilines is 2. The number of piperidine rings is 1. The highest BCUT2D eigenvalue weighted by Gasteiger charge is 2.29. The first-order chi connectivity index (χ1) is 14.3. The molecule has 8 heteroatoms. The molecule has 2 aliphatic rings. The molecule has 0 saturated carbocycles. The van der Waals surface area contributed by atoms with E-state index in [1.165, 1.54) is 12.8 Å². The van der Waals surface area contributed by atoms with Crippen LogP contribution >= 0.6 is 0 Å². The van der Waals surface area contributed by atoms with Crippen LogP contribution in [-0.4, -0.2) is 51.3 Å². The molecular formula is C21H25N7O. The molecule has 2 saturated heterocycles. The fourth-order valence-corrected chi connectivity index (χ4v) is 4.28. The molecule has 5 heterocycles. The maximum absolute atomic E-state index is 5.58. The number of nitrogens with zero attached hydrogens (tertiary/aromatic N) is 7. The summed E-state index contributed by atoms with van der Waals surface area (Å²) in [7, 11) is 0. The van der Waals surface area contributed by atoms with Crippen LogP contribution in [0.1, 0.15) is 43.0 Å². The lowest BCUT2D eigenvalue weighted by Crippen LogP contribution is -2.36. The van der Waals surface area contributed by atoms with Crippen LogP contribution in [0.15, 0.2) is 35.2 Å². The third-order valence-corrected chi connectivity index (χ3v) is 5.73. The van der Waals surface area contributed by atoms with Gasteiger partial charge >= 0.3 is 0 Å². The normalized spacial score (nSPS) is 19.7. The Labute approximate surface area is 170 Å². The smallest absolute Gasteiger partial charge is 0.225 e. The van der Waals surface area contributed by atoms with Crippen LogP contribution < -0.4 is 9.80 Å². The Balaban J connectivity index is 1.51. The Bertz CT molecular complexity index is 968. The zero-order valence-corrected chi connectivity index (χ0v) is 16.7. The molecule has 0 aromatic carbocycles. The lowest BCUT2D eigenvalue weighted by atomic mass is 9.91. The molecule has 150 valence electrons. The second kappa shape index (κ2) is 7.77. The van der Waals surface area contributed by atoms with Crippen molar-refractivity contribution in [3.8, 4) is 11.3 Å². The predicted molar refractivity (Wildman–Crippen MR) is 110 cm³/mol. The van der Waals surface area contributed by atoms with Gasteiger partial charge in [0.25, 0.3) is 0 Å². The molecule has 0 N–H and O–H groups in total. The van der Waals surface area contributed by atoms with Crippen LogP contribution in [-0.2, 0) is 0 Å². The molecule has 2 aliphatic heterocycles. The fraction of sp³-hybridized carbons (Fsp3) is 0.476. The van der Waals surface area contributed by atoms with Gasteiger partial charge in [-0.25, -0.2) is 19.9 Å². The van der Waals surface area contributed by atoms with Crippen molar-refractivity contribution in [2.24, 2.45) is 0 Å².